The molecule has 0 aromatic heterocycles. The van der Waals surface area contributed by atoms with E-state index >= 15 is 0 Å². The number of hydrogen-bond donors (Lipinski definition) is 2. The summed E-state index contributed by atoms with van der Waals surface area (Å²) in [5, 5.41) is 8.03. The Hall–Kier alpha value is -0.710. The lowest BCUT2D eigenvalue weighted by Crippen LogP contribution is -2.40. The topological polar surface area (TPSA) is 110 Å². The first kappa shape index (κ1) is 19.3. The maximum Gasteiger partial charge on any atom is 0.243 e. The van der Waals surface area contributed by atoms with Gasteiger partial charge in [-0.2, -0.15) is 4.31 Å². The van der Waals surface area contributed by atoms with Crippen LogP contribution in [0.5, 0.6) is 0 Å². The normalized spacial score (nSPS) is 19.8. The van der Waals surface area contributed by atoms with E-state index in [0.29, 0.717) is 13.1 Å². The predicted octanol–water partition coefficient (Wildman–Crippen LogP) is 0.128. The molecule has 22 heavy (non-hydrogen) atoms. The quantitative estimate of drug-likeness (QED) is 0.766. The Morgan fingerprint density at radius 3 is 2.50 bits per heavy atom. The second-order valence-electron chi connectivity index (χ2n) is 4.99. The number of halogens is 1. The van der Waals surface area contributed by atoms with Crippen molar-refractivity contribution in [2.24, 2.45) is 5.14 Å². The van der Waals surface area contributed by atoms with Crippen LogP contribution in [-0.2, 0) is 20.0 Å². The number of nitrogens with one attached hydrogen (secondary N) is 1. The Balaban J connectivity index is 0.00000242. The van der Waals surface area contributed by atoms with Gasteiger partial charge in [-0.25, -0.2) is 22.0 Å². The van der Waals surface area contributed by atoms with E-state index in [1.807, 2.05) is 0 Å². The molecule has 1 saturated heterocycles. The van der Waals surface area contributed by atoms with Crippen LogP contribution < -0.4 is 10.5 Å². The van der Waals surface area contributed by atoms with E-state index in [0.717, 1.165) is 18.9 Å². The molecule has 3 N–H and O–H groups in total. The lowest BCUT2D eigenvalue weighted by Gasteiger charge is -2.24. The van der Waals surface area contributed by atoms with Crippen LogP contribution in [-0.4, -0.2) is 47.3 Å². The average Bonchev–Trinajstić information content (AvgIpc) is 2.87. The lowest BCUT2D eigenvalue weighted by molar-refractivity contribution is 0.379. The van der Waals surface area contributed by atoms with Crippen molar-refractivity contribution in [1.82, 2.24) is 9.62 Å². The van der Waals surface area contributed by atoms with Crippen molar-refractivity contribution >= 4 is 32.5 Å². The maximum atomic E-state index is 12.7. The number of hydrogen-bond acceptors (Lipinski definition) is 5. The van der Waals surface area contributed by atoms with E-state index in [-0.39, 0.29) is 28.2 Å². The Morgan fingerprint density at radius 1 is 1.27 bits per heavy atom. The number of benzene rings is 1. The fraction of sp³-hybridized carbons (Fsp3) is 0.500. The maximum absolute atomic E-state index is 12.7. The Labute approximate surface area is 137 Å². The summed E-state index contributed by atoms with van der Waals surface area (Å²) in [5.41, 5.74) is 0. The van der Waals surface area contributed by atoms with Gasteiger partial charge in [0.25, 0.3) is 0 Å². The first-order valence-corrected chi connectivity index (χ1v) is 9.55. The van der Waals surface area contributed by atoms with Gasteiger partial charge in [0.05, 0.1) is 9.79 Å². The smallest absolute Gasteiger partial charge is 0.243 e. The lowest BCUT2D eigenvalue weighted by atomic mass is 10.2. The fourth-order valence-electron chi connectivity index (χ4n) is 2.51. The van der Waals surface area contributed by atoms with Crippen molar-refractivity contribution < 1.29 is 16.8 Å². The van der Waals surface area contributed by atoms with Crippen LogP contribution in [0.4, 0.5) is 0 Å². The highest BCUT2D eigenvalue weighted by atomic mass is 35.5. The second-order valence-corrected chi connectivity index (χ2v) is 8.44. The van der Waals surface area contributed by atoms with Crippen molar-refractivity contribution in [2.45, 2.75) is 28.7 Å². The first-order valence-electron chi connectivity index (χ1n) is 6.56. The molecule has 1 aromatic carbocycles. The largest absolute Gasteiger partial charge is 0.318 e. The minimum atomic E-state index is -3.93. The minimum Gasteiger partial charge on any atom is -0.318 e. The molecule has 1 aromatic rings. The van der Waals surface area contributed by atoms with Crippen molar-refractivity contribution in [3.63, 3.8) is 0 Å². The van der Waals surface area contributed by atoms with Gasteiger partial charge in [0.2, 0.25) is 20.0 Å². The summed E-state index contributed by atoms with van der Waals surface area (Å²) < 4.78 is 49.5. The highest BCUT2D eigenvalue weighted by Gasteiger charge is 2.35. The molecule has 2 rings (SSSR count). The van der Waals surface area contributed by atoms with Crippen molar-refractivity contribution in [3.8, 4) is 0 Å². The Morgan fingerprint density at radius 2 is 1.91 bits per heavy atom. The molecular formula is C12H20ClN3O4S2. The van der Waals surface area contributed by atoms with Crippen molar-refractivity contribution in [2.75, 3.05) is 20.1 Å². The number of nitrogens with zero attached hydrogens (tertiary/aromatic N) is 1. The van der Waals surface area contributed by atoms with Gasteiger partial charge in [-0.05, 0) is 38.1 Å². The zero-order valence-electron chi connectivity index (χ0n) is 12.1. The van der Waals surface area contributed by atoms with E-state index in [1.165, 1.54) is 22.5 Å². The van der Waals surface area contributed by atoms with Gasteiger partial charge >= 0.3 is 0 Å². The van der Waals surface area contributed by atoms with Crippen LogP contribution in [0.15, 0.2) is 34.1 Å². The first-order chi connectivity index (χ1) is 9.76. The molecule has 1 aliphatic rings. The van der Waals surface area contributed by atoms with E-state index in [4.69, 9.17) is 5.14 Å². The molecule has 1 atom stereocenters. The third-order valence-corrected chi connectivity index (χ3v) is 6.36. The molecule has 1 unspecified atom stereocenters. The number of likely N-dealkylation sites (N-methyl/N-ethyl adjacent to an activating group) is 1. The van der Waals surface area contributed by atoms with E-state index in [9.17, 15) is 16.8 Å². The van der Waals surface area contributed by atoms with Gasteiger partial charge in [-0.1, -0.05) is 6.07 Å². The number of primary sulfonamides is 1. The van der Waals surface area contributed by atoms with Crippen LogP contribution in [0.2, 0.25) is 0 Å². The van der Waals surface area contributed by atoms with Gasteiger partial charge in [0.1, 0.15) is 0 Å². The van der Waals surface area contributed by atoms with Crippen LogP contribution in [0.1, 0.15) is 12.8 Å². The van der Waals surface area contributed by atoms with Gasteiger partial charge < -0.3 is 5.32 Å². The van der Waals surface area contributed by atoms with Crippen molar-refractivity contribution in [1.29, 1.82) is 0 Å². The monoisotopic (exact) mass is 369 g/mol. The summed E-state index contributed by atoms with van der Waals surface area (Å²) in [7, 11) is -5.88. The Kier molecular flexibility index (Phi) is 6.36. The molecule has 1 fully saturated rings. The zero-order valence-corrected chi connectivity index (χ0v) is 14.5. The average molecular weight is 370 g/mol. The highest BCUT2D eigenvalue weighted by molar-refractivity contribution is 7.90. The molecule has 0 spiro atoms. The number of nitrogens with two attached hydrogens (primary N) is 1. The summed E-state index contributed by atoms with van der Waals surface area (Å²) in [6.45, 7) is 1.00. The summed E-state index contributed by atoms with van der Waals surface area (Å²) in [4.78, 5) is -0.245. The molecule has 0 amide bonds. The van der Waals surface area contributed by atoms with Crippen LogP contribution in [0.3, 0.4) is 0 Å². The molecule has 1 heterocycles. The van der Waals surface area contributed by atoms with Crippen molar-refractivity contribution in [3.05, 3.63) is 24.3 Å². The summed E-state index contributed by atoms with van der Waals surface area (Å²) in [5.74, 6) is 0. The fourth-order valence-corrected chi connectivity index (χ4v) is 4.89. The van der Waals surface area contributed by atoms with E-state index < -0.39 is 20.0 Å². The second kappa shape index (κ2) is 7.24. The number of rotatable bonds is 5. The minimum absolute atomic E-state index is 0. The molecule has 126 valence electrons. The third-order valence-electron chi connectivity index (χ3n) is 3.50. The van der Waals surface area contributed by atoms with Gasteiger partial charge in [0.15, 0.2) is 0 Å². The van der Waals surface area contributed by atoms with Gasteiger partial charge in [-0.15, -0.1) is 12.4 Å². The molecule has 0 saturated carbocycles. The summed E-state index contributed by atoms with van der Waals surface area (Å²) in [6, 6.07) is 5.05. The predicted molar refractivity (Wildman–Crippen MR) is 85.9 cm³/mol. The third kappa shape index (κ3) is 3.98. The molecule has 0 radical (unpaired) electrons. The van der Waals surface area contributed by atoms with Crippen LogP contribution in [0, 0.1) is 0 Å². The summed E-state index contributed by atoms with van der Waals surface area (Å²) in [6.07, 6.45) is 1.58. The molecular weight excluding hydrogens is 350 g/mol. The van der Waals surface area contributed by atoms with E-state index in [1.54, 1.807) is 7.05 Å². The summed E-state index contributed by atoms with van der Waals surface area (Å²) >= 11 is 0. The molecule has 0 bridgehead atoms. The molecule has 0 aliphatic carbocycles. The van der Waals surface area contributed by atoms with Crippen LogP contribution >= 0.6 is 12.4 Å². The van der Waals surface area contributed by atoms with Gasteiger partial charge in [0, 0.05) is 19.1 Å². The SMILES string of the molecule is CNCC1CCCN1S(=O)(=O)c1cccc(S(N)(=O)=O)c1.Cl. The molecule has 10 heteroatoms. The molecule has 7 nitrogen and oxygen atoms in total. The van der Waals surface area contributed by atoms with E-state index in [2.05, 4.69) is 5.32 Å². The van der Waals surface area contributed by atoms with Gasteiger partial charge in [-0.3, -0.25) is 0 Å². The standard InChI is InChI=1S/C12H19N3O4S2.ClH/c1-14-9-10-4-3-7-15(10)21(18,19)12-6-2-5-11(8-12)20(13,16)17;/h2,5-6,8,10,14H,3-4,7,9H2,1H3,(H2,13,16,17);1H. The molecule has 1 aliphatic heterocycles. The Bertz CT molecular complexity index is 722. The van der Waals surface area contributed by atoms with Crippen LogP contribution in [0.25, 0.3) is 0 Å². The highest BCUT2D eigenvalue weighted by Crippen LogP contribution is 2.26. The zero-order chi connectivity index (χ0) is 15.7. The number of sulfonamides is 2.